The summed E-state index contributed by atoms with van der Waals surface area (Å²) >= 11 is 5.94. The van der Waals surface area contributed by atoms with Gasteiger partial charge in [0, 0.05) is 30.1 Å². The van der Waals surface area contributed by atoms with Crippen molar-refractivity contribution < 1.29 is 14.1 Å². The molecule has 0 bridgehead atoms. The van der Waals surface area contributed by atoms with Crippen LogP contribution in [0.5, 0.6) is 0 Å². The van der Waals surface area contributed by atoms with Crippen LogP contribution in [0.4, 0.5) is 0 Å². The number of hydrogen-bond acceptors (Lipinski definition) is 5. The summed E-state index contributed by atoms with van der Waals surface area (Å²) in [5, 5.41) is 4.72. The maximum atomic E-state index is 13.0. The van der Waals surface area contributed by atoms with Crippen LogP contribution in [0, 0.1) is 0 Å². The van der Waals surface area contributed by atoms with Gasteiger partial charge in [-0.15, -0.1) is 0 Å². The molecule has 1 aromatic heterocycles. The molecule has 1 aromatic carbocycles. The van der Waals surface area contributed by atoms with Gasteiger partial charge in [-0.3, -0.25) is 9.59 Å². The van der Waals surface area contributed by atoms with Gasteiger partial charge in [0.25, 0.3) is 0 Å². The van der Waals surface area contributed by atoms with Gasteiger partial charge in [0.1, 0.15) is 6.04 Å². The fraction of sp³-hybridized carbons (Fsp3) is 0.524. The molecule has 0 N–H and O–H groups in total. The smallest absolute Gasteiger partial charge is 0.249 e. The van der Waals surface area contributed by atoms with Crippen LogP contribution in [0.25, 0.3) is 11.4 Å². The highest BCUT2D eigenvalue weighted by molar-refractivity contribution is 6.30. The van der Waals surface area contributed by atoms with Crippen LogP contribution in [-0.2, 0) is 9.59 Å². The van der Waals surface area contributed by atoms with Crippen molar-refractivity contribution >= 4 is 23.4 Å². The molecule has 2 amide bonds. The van der Waals surface area contributed by atoms with E-state index >= 15 is 0 Å². The highest BCUT2D eigenvalue weighted by Gasteiger charge is 2.33. The van der Waals surface area contributed by atoms with Gasteiger partial charge in [0.15, 0.2) is 0 Å². The third-order valence-electron chi connectivity index (χ3n) is 5.13. The zero-order chi connectivity index (χ0) is 20.8. The van der Waals surface area contributed by atoms with E-state index in [2.05, 4.69) is 10.1 Å². The van der Waals surface area contributed by atoms with Crippen LogP contribution in [0.3, 0.4) is 0 Å². The zero-order valence-electron chi connectivity index (χ0n) is 16.9. The summed E-state index contributed by atoms with van der Waals surface area (Å²) in [4.78, 5) is 33.2. The average molecular weight is 419 g/mol. The lowest BCUT2D eigenvalue weighted by molar-refractivity contribution is -0.143. The number of carbonyl (C=O) groups excluding carboxylic acids is 2. The number of amides is 2. The summed E-state index contributed by atoms with van der Waals surface area (Å²) in [7, 11) is 0. The first kappa shape index (κ1) is 21.3. The van der Waals surface area contributed by atoms with Crippen LogP contribution >= 0.6 is 11.6 Å². The van der Waals surface area contributed by atoms with Gasteiger partial charge in [-0.2, -0.15) is 4.98 Å². The first-order chi connectivity index (χ1) is 14.0. The second-order valence-electron chi connectivity index (χ2n) is 7.23. The molecule has 29 heavy (non-hydrogen) atoms. The Morgan fingerprint density at radius 3 is 2.69 bits per heavy atom. The molecule has 156 valence electrons. The standard InChI is InChI=1S/C21H27ClN4O3/c1-3-12-25(18(27)4-2)14-19(28)26-13-6-5-7-17(26)21-23-20(24-29-21)15-8-10-16(22)11-9-15/h8-11,17H,3-7,12-14H2,1-2H3. The van der Waals surface area contributed by atoms with Crippen molar-refractivity contribution in [2.45, 2.75) is 52.0 Å². The number of hydrogen-bond donors (Lipinski definition) is 0. The molecule has 2 heterocycles. The Hall–Kier alpha value is -2.41. The Kier molecular flexibility index (Phi) is 7.25. The minimum atomic E-state index is -0.259. The Labute approximate surface area is 176 Å². The molecule has 1 unspecified atom stereocenters. The second-order valence-corrected chi connectivity index (χ2v) is 7.67. The van der Waals surface area contributed by atoms with E-state index in [0.29, 0.717) is 36.2 Å². The molecular formula is C21H27ClN4O3. The van der Waals surface area contributed by atoms with Crippen LogP contribution < -0.4 is 0 Å². The van der Waals surface area contributed by atoms with Crippen LogP contribution in [0.2, 0.25) is 5.02 Å². The van der Waals surface area contributed by atoms with Crippen molar-refractivity contribution in [2.24, 2.45) is 0 Å². The Bertz CT molecular complexity index is 837. The second kappa shape index (κ2) is 9.87. The molecule has 1 aliphatic heterocycles. The first-order valence-electron chi connectivity index (χ1n) is 10.2. The molecule has 1 fully saturated rings. The van der Waals surface area contributed by atoms with E-state index in [-0.39, 0.29) is 24.4 Å². The van der Waals surface area contributed by atoms with Gasteiger partial charge >= 0.3 is 0 Å². The minimum Gasteiger partial charge on any atom is -0.337 e. The van der Waals surface area contributed by atoms with Crippen LogP contribution in [0.1, 0.15) is 57.9 Å². The van der Waals surface area contributed by atoms with E-state index < -0.39 is 0 Å². The molecule has 1 saturated heterocycles. The molecule has 1 aliphatic rings. The Morgan fingerprint density at radius 2 is 2.00 bits per heavy atom. The summed E-state index contributed by atoms with van der Waals surface area (Å²) in [6.07, 6.45) is 3.89. The summed E-state index contributed by atoms with van der Waals surface area (Å²) < 4.78 is 5.52. The van der Waals surface area contributed by atoms with E-state index in [1.54, 1.807) is 21.9 Å². The molecule has 7 nitrogen and oxygen atoms in total. The highest BCUT2D eigenvalue weighted by Crippen LogP contribution is 2.31. The molecule has 8 heteroatoms. The van der Waals surface area contributed by atoms with Gasteiger partial charge in [-0.1, -0.05) is 30.6 Å². The van der Waals surface area contributed by atoms with E-state index in [4.69, 9.17) is 16.1 Å². The molecule has 1 atom stereocenters. The van der Waals surface area contributed by atoms with Crippen molar-refractivity contribution in [3.05, 3.63) is 35.2 Å². The molecule has 0 spiro atoms. The van der Waals surface area contributed by atoms with Crippen LogP contribution in [0.15, 0.2) is 28.8 Å². The number of benzene rings is 1. The Balaban J connectivity index is 1.76. The first-order valence-corrected chi connectivity index (χ1v) is 10.6. The van der Waals surface area contributed by atoms with Gasteiger partial charge in [0.05, 0.1) is 6.54 Å². The third kappa shape index (κ3) is 5.15. The van der Waals surface area contributed by atoms with Crippen LogP contribution in [-0.4, -0.2) is 51.4 Å². The fourth-order valence-electron chi connectivity index (χ4n) is 3.61. The lowest BCUT2D eigenvalue weighted by Gasteiger charge is -2.35. The number of rotatable bonds is 7. The van der Waals surface area contributed by atoms with E-state index in [1.165, 1.54) is 0 Å². The van der Waals surface area contributed by atoms with E-state index in [1.807, 2.05) is 26.0 Å². The molecular weight excluding hydrogens is 392 g/mol. The molecule has 0 saturated carbocycles. The molecule has 3 rings (SSSR count). The van der Waals surface area contributed by atoms with Crippen molar-refractivity contribution in [3.8, 4) is 11.4 Å². The average Bonchev–Trinajstić information content (AvgIpc) is 3.23. The van der Waals surface area contributed by atoms with Gasteiger partial charge in [-0.25, -0.2) is 0 Å². The fourth-order valence-corrected chi connectivity index (χ4v) is 3.74. The lowest BCUT2D eigenvalue weighted by atomic mass is 10.0. The summed E-state index contributed by atoms with van der Waals surface area (Å²) in [5.74, 6) is 0.836. The van der Waals surface area contributed by atoms with Crippen molar-refractivity contribution in [3.63, 3.8) is 0 Å². The third-order valence-corrected chi connectivity index (χ3v) is 5.38. The Morgan fingerprint density at radius 1 is 1.24 bits per heavy atom. The monoisotopic (exact) mass is 418 g/mol. The zero-order valence-corrected chi connectivity index (χ0v) is 17.7. The summed E-state index contributed by atoms with van der Waals surface area (Å²) in [6.45, 7) is 5.12. The summed E-state index contributed by atoms with van der Waals surface area (Å²) in [5.41, 5.74) is 0.806. The quantitative estimate of drug-likeness (QED) is 0.676. The predicted octanol–water partition coefficient (Wildman–Crippen LogP) is 4.09. The van der Waals surface area contributed by atoms with Crippen molar-refractivity contribution in [2.75, 3.05) is 19.6 Å². The maximum Gasteiger partial charge on any atom is 0.249 e. The number of aromatic nitrogens is 2. The van der Waals surface area contributed by atoms with E-state index in [0.717, 1.165) is 31.2 Å². The summed E-state index contributed by atoms with van der Waals surface area (Å²) in [6, 6.07) is 6.96. The van der Waals surface area contributed by atoms with Gasteiger partial charge < -0.3 is 14.3 Å². The van der Waals surface area contributed by atoms with Crippen molar-refractivity contribution in [1.82, 2.24) is 19.9 Å². The van der Waals surface area contributed by atoms with Crippen molar-refractivity contribution in [1.29, 1.82) is 0 Å². The molecule has 0 radical (unpaired) electrons. The minimum absolute atomic E-state index is 0.00317. The van der Waals surface area contributed by atoms with E-state index in [9.17, 15) is 9.59 Å². The topological polar surface area (TPSA) is 79.5 Å². The largest absolute Gasteiger partial charge is 0.337 e. The number of carbonyl (C=O) groups is 2. The lowest BCUT2D eigenvalue weighted by Crippen LogP contribution is -2.46. The maximum absolute atomic E-state index is 13.0. The predicted molar refractivity (Wildman–Crippen MR) is 110 cm³/mol. The number of nitrogens with zero attached hydrogens (tertiary/aromatic N) is 4. The molecule has 0 aliphatic carbocycles. The number of piperidine rings is 1. The normalized spacial score (nSPS) is 16.7. The SMILES string of the molecule is CCCN(CC(=O)N1CCCCC1c1nc(-c2ccc(Cl)cc2)no1)C(=O)CC. The number of likely N-dealkylation sites (tertiary alicyclic amines) is 1. The highest BCUT2D eigenvalue weighted by atomic mass is 35.5. The number of halogens is 1. The molecule has 2 aromatic rings. The van der Waals surface area contributed by atoms with Gasteiger partial charge in [0.2, 0.25) is 23.5 Å². The van der Waals surface area contributed by atoms with Gasteiger partial charge in [-0.05, 0) is 49.9 Å².